The molecule has 2 nitrogen and oxygen atoms in total. The molecule has 5 aliphatic rings. The molecular weight excluding hydrogens is 330 g/mol. The highest BCUT2D eigenvalue weighted by Gasteiger charge is 2.80. The van der Waals surface area contributed by atoms with E-state index in [9.17, 15) is 4.79 Å². The number of pyridine rings is 1. The summed E-state index contributed by atoms with van der Waals surface area (Å²) in [5.74, 6) is 1.000. The molecule has 0 aliphatic heterocycles. The highest BCUT2D eigenvalue weighted by atomic mass is 16.1. The maximum atomic E-state index is 12.0. The number of nitrogens with zero attached hydrogens (tertiary/aromatic N) is 1. The third-order valence-electron chi connectivity index (χ3n) is 9.41. The van der Waals surface area contributed by atoms with Gasteiger partial charge in [-0.25, -0.2) is 0 Å². The van der Waals surface area contributed by atoms with E-state index in [0.29, 0.717) is 22.5 Å². The van der Waals surface area contributed by atoms with E-state index in [2.05, 4.69) is 49.2 Å². The second kappa shape index (κ2) is 4.71. The summed E-state index contributed by atoms with van der Waals surface area (Å²) < 4.78 is 0. The lowest BCUT2D eigenvalue weighted by molar-refractivity contribution is -0.116. The molecule has 138 valence electrons. The van der Waals surface area contributed by atoms with Crippen molar-refractivity contribution in [1.82, 2.24) is 4.98 Å². The standard InChI is InChI=1S/C25H27NO/c1-22-11-12-25-16-24(25,10-7-18-14-19(27)8-9-23(18,25)2)21(22)6-5-20(22)17-4-3-13-26-15-17/h3-5,7,10,13-15,21H,6,8-9,11-12,16H2,1-2H3. The summed E-state index contributed by atoms with van der Waals surface area (Å²) in [7, 11) is 0. The molecule has 0 bridgehead atoms. The average Bonchev–Trinajstić information content (AvgIpc) is 3.26. The number of carbonyl (C=O) groups is 1. The lowest BCUT2D eigenvalue weighted by Crippen LogP contribution is -2.48. The molecule has 0 aromatic carbocycles. The van der Waals surface area contributed by atoms with Crippen molar-refractivity contribution in [3.8, 4) is 0 Å². The first-order valence-corrected chi connectivity index (χ1v) is 10.5. The van der Waals surface area contributed by atoms with E-state index < -0.39 is 0 Å². The van der Waals surface area contributed by atoms with Gasteiger partial charge >= 0.3 is 0 Å². The van der Waals surface area contributed by atoms with Gasteiger partial charge in [0.05, 0.1) is 0 Å². The molecule has 0 radical (unpaired) electrons. The van der Waals surface area contributed by atoms with Crippen LogP contribution in [0, 0.1) is 27.6 Å². The van der Waals surface area contributed by atoms with Crippen LogP contribution in [0.2, 0.25) is 0 Å². The molecule has 0 saturated heterocycles. The molecule has 2 fully saturated rings. The number of aromatic nitrogens is 1. The normalized spacial score (nSPS) is 46.6. The predicted octanol–water partition coefficient (Wildman–Crippen LogP) is 5.53. The second-order valence-corrected chi connectivity index (χ2v) is 10.1. The number of ketones is 1. The largest absolute Gasteiger partial charge is 0.295 e. The minimum atomic E-state index is 0.189. The van der Waals surface area contributed by atoms with Gasteiger partial charge < -0.3 is 0 Å². The van der Waals surface area contributed by atoms with Crippen LogP contribution in [0.5, 0.6) is 0 Å². The van der Waals surface area contributed by atoms with Crippen molar-refractivity contribution in [1.29, 1.82) is 0 Å². The molecular formula is C25H27NO. The van der Waals surface area contributed by atoms with Crippen LogP contribution in [-0.4, -0.2) is 10.8 Å². The summed E-state index contributed by atoms with van der Waals surface area (Å²) >= 11 is 0. The van der Waals surface area contributed by atoms with Gasteiger partial charge in [0, 0.05) is 18.8 Å². The maximum Gasteiger partial charge on any atom is 0.156 e. The quantitative estimate of drug-likeness (QED) is 0.662. The first kappa shape index (κ1) is 16.0. The van der Waals surface area contributed by atoms with Crippen LogP contribution in [0.4, 0.5) is 0 Å². The number of hydrogen-bond acceptors (Lipinski definition) is 2. The van der Waals surface area contributed by atoms with Crippen LogP contribution in [0.1, 0.15) is 57.9 Å². The molecule has 0 N–H and O–H groups in total. The third kappa shape index (κ3) is 1.65. The molecule has 5 aliphatic carbocycles. The minimum Gasteiger partial charge on any atom is -0.295 e. The Morgan fingerprint density at radius 3 is 2.89 bits per heavy atom. The van der Waals surface area contributed by atoms with E-state index in [4.69, 9.17) is 0 Å². The van der Waals surface area contributed by atoms with Gasteiger partial charge in [0.15, 0.2) is 5.78 Å². The first-order chi connectivity index (χ1) is 13.0. The average molecular weight is 357 g/mol. The number of hydrogen-bond donors (Lipinski definition) is 0. The van der Waals surface area contributed by atoms with E-state index in [1.165, 1.54) is 42.4 Å². The number of allylic oxidation sites excluding steroid dienone is 6. The summed E-state index contributed by atoms with van der Waals surface area (Å²) in [6, 6.07) is 4.29. The van der Waals surface area contributed by atoms with E-state index >= 15 is 0 Å². The van der Waals surface area contributed by atoms with E-state index in [-0.39, 0.29) is 10.8 Å². The number of fused-ring (bicyclic) bond motifs is 2. The van der Waals surface area contributed by atoms with Crippen LogP contribution in [-0.2, 0) is 4.79 Å². The molecule has 27 heavy (non-hydrogen) atoms. The van der Waals surface area contributed by atoms with Crippen molar-refractivity contribution in [3.63, 3.8) is 0 Å². The van der Waals surface area contributed by atoms with Crippen LogP contribution in [0.25, 0.3) is 5.57 Å². The van der Waals surface area contributed by atoms with Crippen molar-refractivity contribution in [2.45, 2.75) is 52.4 Å². The Labute approximate surface area is 161 Å². The fourth-order valence-corrected chi connectivity index (χ4v) is 7.91. The van der Waals surface area contributed by atoms with Gasteiger partial charge in [-0.05, 0) is 88.5 Å². The van der Waals surface area contributed by atoms with Crippen molar-refractivity contribution < 1.29 is 4.79 Å². The van der Waals surface area contributed by atoms with Crippen molar-refractivity contribution in [3.05, 3.63) is 60.0 Å². The van der Waals surface area contributed by atoms with Gasteiger partial charge in [-0.15, -0.1) is 0 Å². The molecule has 2 saturated carbocycles. The molecule has 0 spiro atoms. The zero-order valence-corrected chi connectivity index (χ0v) is 16.3. The van der Waals surface area contributed by atoms with Crippen molar-refractivity contribution in [2.75, 3.05) is 0 Å². The van der Waals surface area contributed by atoms with Gasteiger partial charge in [-0.2, -0.15) is 0 Å². The molecule has 5 atom stereocenters. The Bertz CT molecular complexity index is 956. The van der Waals surface area contributed by atoms with E-state index in [1.807, 2.05) is 18.5 Å². The molecule has 1 aromatic heterocycles. The molecule has 6 rings (SSSR count). The second-order valence-electron chi connectivity index (χ2n) is 10.1. The fraction of sp³-hybridized carbons (Fsp3) is 0.520. The van der Waals surface area contributed by atoms with Crippen molar-refractivity contribution in [2.24, 2.45) is 27.6 Å². The first-order valence-electron chi connectivity index (χ1n) is 10.5. The Morgan fingerprint density at radius 2 is 2.07 bits per heavy atom. The monoisotopic (exact) mass is 357 g/mol. The predicted molar refractivity (Wildman–Crippen MR) is 107 cm³/mol. The minimum absolute atomic E-state index is 0.189. The summed E-state index contributed by atoms with van der Waals surface area (Å²) in [5.41, 5.74) is 5.28. The Kier molecular flexibility index (Phi) is 2.80. The van der Waals surface area contributed by atoms with Crippen LogP contribution in [0.15, 0.2) is 54.4 Å². The third-order valence-corrected chi connectivity index (χ3v) is 9.41. The SMILES string of the molecule is CC12CCC34CC3(C=CC3=CC(=O)CCC34C)C1CC=C2c1cccnc1. The summed E-state index contributed by atoms with van der Waals surface area (Å²) in [5, 5.41) is 0. The molecule has 0 amide bonds. The fourth-order valence-electron chi connectivity index (χ4n) is 7.91. The Hall–Kier alpha value is -1.96. The number of rotatable bonds is 1. The Morgan fingerprint density at radius 1 is 1.19 bits per heavy atom. The van der Waals surface area contributed by atoms with Gasteiger partial charge in [-0.1, -0.05) is 38.1 Å². The summed E-state index contributed by atoms with van der Waals surface area (Å²) in [4.78, 5) is 16.4. The van der Waals surface area contributed by atoms with Gasteiger partial charge in [-0.3, -0.25) is 9.78 Å². The highest BCUT2D eigenvalue weighted by Crippen LogP contribution is 2.88. The van der Waals surface area contributed by atoms with Gasteiger partial charge in [0.25, 0.3) is 0 Å². The van der Waals surface area contributed by atoms with Gasteiger partial charge in [0.2, 0.25) is 0 Å². The summed E-state index contributed by atoms with van der Waals surface area (Å²) in [6.45, 7) is 4.97. The highest BCUT2D eigenvalue weighted by molar-refractivity contribution is 5.92. The molecule has 1 heterocycles. The smallest absolute Gasteiger partial charge is 0.156 e. The molecule has 5 unspecified atom stereocenters. The van der Waals surface area contributed by atoms with Crippen LogP contribution >= 0.6 is 0 Å². The van der Waals surface area contributed by atoms with Crippen LogP contribution < -0.4 is 0 Å². The summed E-state index contributed by atoms with van der Waals surface area (Å²) in [6.07, 6.45) is 20.0. The van der Waals surface area contributed by atoms with E-state index in [0.717, 1.165) is 12.8 Å². The lowest BCUT2D eigenvalue weighted by atomic mass is 9.48. The molecule has 2 heteroatoms. The van der Waals surface area contributed by atoms with Gasteiger partial charge in [0.1, 0.15) is 0 Å². The molecule has 1 aromatic rings. The zero-order valence-electron chi connectivity index (χ0n) is 16.3. The lowest BCUT2D eigenvalue weighted by Gasteiger charge is -2.55. The van der Waals surface area contributed by atoms with Crippen molar-refractivity contribution >= 4 is 11.4 Å². The van der Waals surface area contributed by atoms with Crippen LogP contribution in [0.3, 0.4) is 0 Å². The topological polar surface area (TPSA) is 30.0 Å². The van der Waals surface area contributed by atoms with E-state index in [1.54, 1.807) is 0 Å². The number of carbonyl (C=O) groups excluding carboxylic acids is 1. The zero-order chi connectivity index (χ0) is 18.5. The Balaban J connectivity index is 1.45. The maximum absolute atomic E-state index is 12.0.